The predicted octanol–water partition coefficient (Wildman–Crippen LogP) is 3.39. The summed E-state index contributed by atoms with van der Waals surface area (Å²) in [6.45, 7) is 7.39. The summed E-state index contributed by atoms with van der Waals surface area (Å²) in [5, 5.41) is 3.91. The molecule has 7 nitrogen and oxygen atoms in total. The van der Waals surface area contributed by atoms with E-state index in [1.54, 1.807) is 37.1 Å². The number of hydrogen-bond acceptors (Lipinski definition) is 5. The zero-order valence-electron chi connectivity index (χ0n) is 17.6. The van der Waals surface area contributed by atoms with Crippen molar-refractivity contribution in [1.82, 2.24) is 15.0 Å². The molecule has 2 heterocycles. The molecule has 1 aliphatic rings. The number of nitrogens with zero attached hydrogens (tertiary/aromatic N) is 3. The molecule has 2 amide bonds. The Hall–Kier alpha value is -2.83. The number of fused-ring (bicyclic) bond motifs is 1. The van der Waals surface area contributed by atoms with Crippen LogP contribution in [0.5, 0.6) is 5.75 Å². The van der Waals surface area contributed by atoms with Gasteiger partial charge in [-0.05, 0) is 37.8 Å². The molecule has 156 valence electrons. The molecule has 29 heavy (non-hydrogen) atoms. The summed E-state index contributed by atoms with van der Waals surface area (Å²) >= 11 is 0. The minimum Gasteiger partial charge on any atom is -0.491 e. The Morgan fingerprint density at radius 2 is 1.93 bits per heavy atom. The monoisotopic (exact) mass is 399 g/mol. The van der Waals surface area contributed by atoms with Gasteiger partial charge in [0.15, 0.2) is 5.69 Å². The highest BCUT2D eigenvalue weighted by molar-refractivity contribution is 5.96. The summed E-state index contributed by atoms with van der Waals surface area (Å²) in [6.07, 6.45) is 1.59. The largest absolute Gasteiger partial charge is 0.491 e. The van der Waals surface area contributed by atoms with Crippen LogP contribution in [-0.2, 0) is 0 Å². The van der Waals surface area contributed by atoms with Gasteiger partial charge in [-0.25, -0.2) is 0 Å². The normalized spacial score (nSPS) is 18.7. The summed E-state index contributed by atoms with van der Waals surface area (Å²) in [6, 6.07) is 8.78. The standard InChI is InChI=1S/C22H29N3O4/c1-15(2)19-14-28-20-10-6-5-9-17(20)21(26)24(4)11-7-8-12-25(19)22(27)18-13-16(3)29-23-18/h5-6,9-10,13,15,19H,7-8,11-12,14H2,1-4H3/t19-/m1/s1. The number of aryl methyl sites for hydroxylation is 1. The Kier molecular flexibility index (Phi) is 6.56. The molecular weight excluding hydrogens is 370 g/mol. The lowest BCUT2D eigenvalue weighted by Crippen LogP contribution is -2.47. The molecule has 1 aromatic carbocycles. The second kappa shape index (κ2) is 9.11. The molecule has 0 unspecified atom stereocenters. The van der Waals surface area contributed by atoms with Gasteiger partial charge in [0.2, 0.25) is 0 Å². The van der Waals surface area contributed by atoms with Gasteiger partial charge >= 0.3 is 0 Å². The van der Waals surface area contributed by atoms with Gasteiger partial charge in [0.1, 0.15) is 18.1 Å². The van der Waals surface area contributed by atoms with Crippen LogP contribution in [0.15, 0.2) is 34.9 Å². The van der Waals surface area contributed by atoms with Crippen molar-refractivity contribution in [2.24, 2.45) is 5.92 Å². The van der Waals surface area contributed by atoms with Crippen LogP contribution in [0.1, 0.15) is 53.3 Å². The van der Waals surface area contributed by atoms with Crippen molar-refractivity contribution in [3.8, 4) is 5.75 Å². The lowest BCUT2D eigenvalue weighted by molar-refractivity contribution is 0.0505. The number of benzene rings is 1. The number of hydrogen-bond donors (Lipinski definition) is 0. The highest BCUT2D eigenvalue weighted by atomic mass is 16.5. The van der Waals surface area contributed by atoms with Gasteiger partial charge < -0.3 is 19.1 Å². The van der Waals surface area contributed by atoms with Crippen LogP contribution < -0.4 is 4.74 Å². The Balaban J connectivity index is 1.92. The smallest absolute Gasteiger partial charge is 0.276 e. The molecule has 0 radical (unpaired) electrons. The average molecular weight is 399 g/mol. The first-order chi connectivity index (χ1) is 13.9. The van der Waals surface area contributed by atoms with Crippen LogP contribution in [0.4, 0.5) is 0 Å². The SMILES string of the molecule is Cc1cc(C(=O)N2CCCCN(C)C(=O)c3ccccc3OC[C@@H]2C(C)C)no1. The Morgan fingerprint density at radius 3 is 2.62 bits per heavy atom. The van der Waals surface area contributed by atoms with Gasteiger partial charge in [-0.2, -0.15) is 0 Å². The fraction of sp³-hybridized carbons (Fsp3) is 0.500. The molecule has 0 saturated carbocycles. The van der Waals surface area contributed by atoms with Crippen LogP contribution in [0.25, 0.3) is 0 Å². The number of rotatable bonds is 2. The van der Waals surface area contributed by atoms with E-state index in [9.17, 15) is 9.59 Å². The van der Waals surface area contributed by atoms with Crippen LogP contribution in [0, 0.1) is 12.8 Å². The van der Waals surface area contributed by atoms with E-state index >= 15 is 0 Å². The molecular formula is C22H29N3O4. The second-order valence-corrected chi connectivity index (χ2v) is 7.87. The van der Waals surface area contributed by atoms with E-state index in [4.69, 9.17) is 9.26 Å². The van der Waals surface area contributed by atoms with Crippen LogP contribution in [-0.4, -0.2) is 59.6 Å². The van der Waals surface area contributed by atoms with Gasteiger partial charge in [0, 0.05) is 26.2 Å². The molecule has 1 aliphatic heterocycles. The Labute approximate surface area is 171 Å². The highest BCUT2D eigenvalue weighted by Gasteiger charge is 2.30. The molecule has 0 aliphatic carbocycles. The number of para-hydroxylation sites is 1. The Bertz CT molecular complexity index is 861. The lowest BCUT2D eigenvalue weighted by atomic mass is 10.0. The van der Waals surface area contributed by atoms with E-state index in [-0.39, 0.29) is 23.8 Å². The molecule has 7 heteroatoms. The maximum Gasteiger partial charge on any atom is 0.276 e. The van der Waals surface area contributed by atoms with Crippen molar-refractivity contribution in [2.75, 3.05) is 26.7 Å². The van der Waals surface area contributed by atoms with Crippen molar-refractivity contribution in [3.05, 3.63) is 47.3 Å². The fourth-order valence-corrected chi connectivity index (χ4v) is 3.56. The predicted molar refractivity (Wildman–Crippen MR) is 109 cm³/mol. The molecule has 0 spiro atoms. The third-order valence-corrected chi connectivity index (χ3v) is 5.29. The maximum atomic E-state index is 13.2. The first-order valence-electron chi connectivity index (χ1n) is 10.1. The molecule has 3 rings (SSSR count). The number of amides is 2. The van der Waals surface area contributed by atoms with Crippen molar-refractivity contribution in [1.29, 1.82) is 0 Å². The van der Waals surface area contributed by atoms with E-state index in [2.05, 4.69) is 19.0 Å². The van der Waals surface area contributed by atoms with Crippen LogP contribution in [0.3, 0.4) is 0 Å². The zero-order chi connectivity index (χ0) is 21.0. The Morgan fingerprint density at radius 1 is 1.21 bits per heavy atom. The summed E-state index contributed by atoms with van der Waals surface area (Å²) in [4.78, 5) is 29.5. The number of carbonyl (C=O) groups is 2. The van der Waals surface area contributed by atoms with E-state index in [1.807, 2.05) is 17.0 Å². The van der Waals surface area contributed by atoms with Gasteiger partial charge in [0.05, 0.1) is 11.6 Å². The minimum atomic E-state index is -0.154. The molecule has 2 aromatic rings. The molecule has 0 fully saturated rings. The second-order valence-electron chi connectivity index (χ2n) is 7.87. The highest BCUT2D eigenvalue weighted by Crippen LogP contribution is 2.23. The first-order valence-corrected chi connectivity index (χ1v) is 10.1. The summed E-state index contributed by atoms with van der Waals surface area (Å²) < 4.78 is 11.2. The fourth-order valence-electron chi connectivity index (χ4n) is 3.56. The third kappa shape index (κ3) is 4.78. The van der Waals surface area contributed by atoms with Crippen molar-refractivity contribution in [2.45, 2.75) is 39.7 Å². The molecule has 1 aromatic heterocycles. The van der Waals surface area contributed by atoms with Gasteiger partial charge in [0.25, 0.3) is 11.8 Å². The number of carbonyl (C=O) groups excluding carboxylic acids is 2. The maximum absolute atomic E-state index is 13.2. The number of ether oxygens (including phenoxy) is 1. The summed E-state index contributed by atoms with van der Waals surface area (Å²) in [7, 11) is 1.79. The van der Waals surface area contributed by atoms with Crippen molar-refractivity contribution in [3.63, 3.8) is 0 Å². The molecule has 1 atom stereocenters. The molecule has 0 saturated heterocycles. The lowest BCUT2D eigenvalue weighted by Gasteiger charge is -2.34. The van der Waals surface area contributed by atoms with Crippen LogP contribution >= 0.6 is 0 Å². The molecule has 0 N–H and O–H groups in total. The van der Waals surface area contributed by atoms with Crippen LogP contribution in [0.2, 0.25) is 0 Å². The van der Waals surface area contributed by atoms with E-state index < -0.39 is 0 Å². The molecule has 0 bridgehead atoms. The van der Waals surface area contributed by atoms with E-state index in [0.717, 1.165) is 12.8 Å². The quantitative estimate of drug-likeness (QED) is 0.774. The third-order valence-electron chi connectivity index (χ3n) is 5.29. The first kappa shape index (κ1) is 20.9. The van der Waals surface area contributed by atoms with Gasteiger partial charge in [-0.1, -0.05) is 31.1 Å². The van der Waals surface area contributed by atoms with E-state index in [0.29, 0.717) is 42.5 Å². The van der Waals surface area contributed by atoms with Crippen molar-refractivity contribution < 1.29 is 18.8 Å². The zero-order valence-corrected chi connectivity index (χ0v) is 17.6. The van der Waals surface area contributed by atoms with E-state index in [1.165, 1.54) is 0 Å². The summed E-state index contributed by atoms with van der Waals surface area (Å²) in [5.74, 6) is 1.11. The van der Waals surface area contributed by atoms with Gasteiger partial charge in [-0.3, -0.25) is 9.59 Å². The summed E-state index contributed by atoms with van der Waals surface area (Å²) in [5.41, 5.74) is 0.857. The average Bonchev–Trinajstić information content (AvgIpc) is 3.14. The number of aromatic nitrogens is 1. The van der Waals surface area contributed by atoms with Crippen molar-refractivity contribution >= 4 is 11.8 Å². The minimum absolute atomic E-state index is 0.0479. The van der Waals surface area contributed by atoms with Gasteiger partial charge in [-0.15, -0.1) is 0 Å². The topological polar surface area (TPSA) is 75.9 Å².